The van der Waals surface area contributed by atoms with Crippen LogP contribution in [-0.2, 0) is 4.79 Å². The van der Waals surface area contributed by atoms with Crippen molar-refractivity contribution in [3.8, 4) is 0 Å². The van der Waals surface area contributed by atoms with Gasteiger partial charge in [-0.05, 0) is 26.2 Å². The number of likely N-dealkylation sites (tertiary alicyclic amines) is 1. The Morgan fingerprint density at radius 2 is 2.44 bits per heavy atom. The predicted octanol–water partition coefficient (Wildman–Crippen LogP) is 2.69. The van der Waals surface area contributed by atoms with Crippen LogP contribution in [0, 0.1) is 5.41 Å². The molecule has 0 spiro atoms. The molecule has 1 heterocycles. The van der Waals surface area contributed by atoms with Crippen LogP contribution in [0.4, 0.5) is 0 Å². The number of piperidine rings is 1. The van der Waals surface area contributed by atoms with Crippen LogP contribution in [0.25, 0.3) is 0 Å². The average Bonchev–Trinajstić information content (AvgIpc) is 2.28. The van der Waals surface area contributed by atoms with Crippen LogP contribution in [0.2, 0.25) is 0 Å². The van der Waals surface area contributed by atoms with E-state index in [4.69, 9.17) is 0 Å². The Bertz CT molecular complexity index is 380. The Balaban J connectivity index is 2.44. The summed E-state index contributed by atoms with van der Waals surface area (Å²) in [5.41, 5.74) is 0.867. The van der Waals surface area contributed by atoms with Crippen LogP contribution in [0.15, 0.2) is 36.5 Å². The van der Waals surface area contributed by atoms with Crippen molar-refractivity contribution in [3.63, 3.8) is 0 Å². The minimum Gasteiger partial charge on any atom is -0.342 e. The van der Waals surface area contributed by atoms with E-state index < -0.39 is 5.41 Å². The van der Waals surface area contributed by atoms with Crippen LogP contribution in [0.1, 0.15) is 26.2 Å². The molecular weight excluding hydrogens is 198 g/mol. The molecule has 0 saturated carbocycles. The van der Waals surface area contributed by atoms with Gasteiger partial charge in [0.15, 0.2) is 0 Å². The molecule has 2 nitrogen and oxygen atoms in total. The van der Waals surface area contributed by atoms with Crippen molar-refractivity contribution in [1.29, 1.82) is 0 Å². The molecule has 2 rings (SSSR count). The second-order valence-corrected chi connectivity index (χ2v) is 4.80. The van der Waals surface area contributed by atoms with Gasteiger partial charge in [-0.15, -0.1) is 6.58 Å². The van der Waals surface area contributed by atoms with E-state index in [9.17, 15) is 4.79 Å². The molecule has 1 aliphatic heterocycles. The van der Waals surface area contributed by atoms with Crippen molar-refractivity contribution in [2.75, 3.05) is 7.05 Å². The van der Waals surface area contributed by atoms with Gasteiger partial charge in [0.2, 0.25) is 5.91 Å². The lowest BCUT2D eigenvalue weighted by molar-refractivity contribution is -0.140. The van der Waals surface area contributed by atoms with Crippen molar-refractivity contribution in [3.05, 3.63) is 36.5 Å². The quantitative estimate of drug-likeness (QED) is 0.651. The third-order valence-corrected chi connectivity index (χ3v) is 3.82. The van der Waals surface area contributed by atoms with Crippen molar-refractivity contribution in [2.45, 2.75) is 32.2 Å². The Morgan fingerprint density at radius 3 is 3.12 bits per heavy atom. The summed E-state index contributed by atoms with van der Waals surface area (Å²) in [5, 5.41) is 0. The Kier molecular flexibility index (Phi) is 2.75. The third-order valence-electron chi connectivity index (χ3n) is 3.82. The topological polar surface area (TPSA) is 20.3 Å². The molecule has 1 aliphatic carbocycles. The van der Waals surface area contributed by atoms with Crippen molar-refractivity contribution in [1.82, 2.24) is 4.90 Å². The van der Waals surface area contributed by atoms with E-state index in [0.717, 1.165) is 12.8 Å². The zero-order chi connectivity index (χ0) is 11.8. The molecule has 0 aromatic heterocycles. The molecular formula is C14H19NO. The zero-order valence-corrected chi connectivity index (χ0v) is 10.1. The number of hydrogen-bond donors (Lipinski definition) is 0. The van der Waals surface area contributed by atoms with E-state index >= 15 is 0 Å². The van der Waals surface area contributed by atoms with Gasteiger partial charge in [0.25, 0.3) is 0 Å². The third kappa shape index (κ3) is 1.44. The lowest BCUT2D eigenvalue weighted by Crippen LogP contribution is -2.51. The van der Waals surface area contributed by atoms with Crippen molar-refractivity contribution < 1.29 is 4.79 Å². The maximum Gasteiger partial charge on any atom is 0.237 e. The van der Waals surface area contributed by atoms with Gasteiger partial charge in [-0.1, -0.05) is 29.9 Å². The van der Waals surface area contributed by atoms with E-state index in [2.05, 4.69) is 31.7 Å². The van der Waals surface area contributed by atoms with Crippen LogP contribution in [-0.4, -0.2) is 23.9 Å². The summed E-state index contributed by atoms with van der Waals surface area (Å²) < 4.78 is 0. The summed E-state index contributed by atoms with van der Waals surface area (Å²) in [6.07, 6.45) is 10.9. The minimum atomic E-state index is -0.415. The molecule has 0 aromatic rings. The molecule has 1 saturated heterocycles. The maximum atomic E-state index is 12.5. The first-order valence-corrected chi connectivity index (χ1v) is 5.87. The number of nitrogens with zero attached hydrogens (tertiary/aromatic N) is 1. The highest BCUT2D eigenvalue weighted by atomic mass is 16.2. The second kappa shape index (κ2) is 3.93. The number of rotatable bonds is 2. The number of fused-ring (bicyclic) bond motifs is 1. The van der Waals surface area contributed by atoms with Gasteiger partial charge in [0.05, 0.1) is 5.41 Å². The number of carbonyl (C=O) groups is 1. The maximum absolute atomic E-state index is 12.5. The van der Waals surface area contributed by atoms with Crippen LogP contribution >= 0.6 is 0 Å². The van der Waals surface area contributed by atoms with E-state index in [0.29, 0.717) is 12.5 Å². The van der Waals surface area contributed by atoms with E-state index in [1.807, 2.05) is 18.0 Å². The lowest BCUT2D eigenvalue weighted by Gasteiger charge is -2.45. The molecule has 0 bridgehead atoms. The molecule has 16 heavy (non-hydrogen) atoms. The highest BCUT2D eigenvalue weighted by molar-refractivity contribution is 5.90. The number of allylic oxidation sites excluding steroid dienone is 3. The largest absolute Gasteiger partial charge is 0.342 e. The molecule has 2 aliphatic rings. The molecule has 0 radical (unpaired) electrons. The number of carbonyl (C=O) groups excluding carboxylic acids is 1. The summed E-state index contributed by atoms with van der Waals surface area (Å²) in [6.45, 7) is 5.89. The van der Waals surface area contributed by atoms with Crippen LogP contribution in [0.3, 0.4) is 0 Å². The first kappa shape index (κ1) is 11.2. The number of amides is 1. The van der Waals surface area contributed by atoms with Gasteiger partial charge in [0.1, 0.15) is 0 Å². The predicted molar refractivity (Wildman–Crippen MR) is 65.9 cm³/mol. The lowest BCUT2D eigenvalue weighted by atomic mass is 9.68. The summed E-state index contributed by atoms with van der Waals surface area (Å²) in [7, 11) is 1.90. The van der Waals surface area contributed by atoms with E-state index in [-0.39, 0.29) is 5.91 Å². The normalized spacial score (nSPS) is 33.4. The molecule has 2 heteroatoms. The molecule has 86 valence electrons. The van der Waals surface area contributed by atoms with Gasteiger partial charge in [-0.3, -0.25) is 4.79 Å². The van der Waals surface area contributed by atoms with Gasteiger partial charge in [-0.25, -0.2) is 0 Å². The summed E-state index contributed by atoms with van der Waals surface area (Å²) >= 11 is 0. The van der Waals surface area contributed by atoms with Crippen LogP contribution in [0.5, 0.6) is 0 Å². The van der Waals surface area contributed by atoms with Crippen LogP contribution < -0.4 is 0 Å². The second-order valence-electron chi connectivity index (χ2n) is 4.80. The van der Waals surface area contributed by atoms with Gasteiger partial charge < -0.3 is 4.90 Å². The Hall–Kier alpha value is -1.31. The zero-order valence-electron chi connectivity index (χ0n) is 10.1. The highest BCUT2D eigenvalue weighted by Crippen LogP contribution is 2.44. The minimum absolute atomic E-state index is 0.216. The smallest absolute Gasteiger partial charge is 0.237 e. The van der Waals surface area contributed by atoms with E-state index in [1.54, 1.807) is 0 Å². The molecule has 0 unspecified atom stereocenters. The van der Waals surface area contributed by atoms with Crippen molar-refractivity contribution in [2.24, 2.45) is 5.41 Å². The Morgan fingerprint density at radius 1 is 1.69 bits per heavy atom. The fourth-order valence-corrected chi connectivity index (χ4v) is 2.73. The first-order chi connectivity index (χ1) is 7.62. The average molecular weight is 217 g/mol. The van der Waals surface area contributed by atoms with Gasteiger partial charge in [-0.2, -0.15) is 0 Å². The molecule has 0 aromatic carbocycles. The highest BCUT2D eigenvalue weighted by Gasteiger charge is 2.46. The fraction of sp³-hybridized carbons (Fsp3) is 0.500. The monoisotopic (exact) mass is 217 g/mol. The standard InChI is InChI=1S/C14H19NO/c1-4-8-14-9-6-5-7-12(14)10-11(2)15(3)13(14)16/h4,6-7,9,11H,1,5,8,10H2,2-3H3/t11-,14+/m0/s1. The summed E-state index contributed by atoms with van der Waals surface area (Å²) in [4.78, 5) is 14.3. The summed E-state index contributed by atoms with van der Waals surface area (Å²) in [6, 6.07) is 0.309. The molecule has 2 atom stereocenters. The molecule has 0 N–H and O–H groups in total. The molecule has 1 fully saturated rings. The number of hydrogen-bond acceptors (Lipinski definition) is 1. The fourth-order valence-electron chi connectivity index (χ4n) is 2.73. The van der Waals surface area contributed by atoms with E-state index in [1.165, 1.54) is 5.57 Å². The van der Waals surface area contributed by atoms with Gasteiger partial charge in [0, 0.05) is 13.1 Å². The first-order valence-electron chi connectivity index (χ1n) is 5.87. The Labute approximate surface area is 97.3 Å². The van der Waals surface area contributed by atoms with Gasteiger partial charge >= 0.3 is 0 Å². The SMILES string of the molecule is C=CC[C@@]12C=CCC=C1C[C@H](C)N(C)C2=O. The summed E-state index contributed by atoms with van der Waals surface area (Å²) in [5.74, 6) is 0.216. The van der Waals surface area contributed by atoms with Crippen molar-refractivity contribution >= 4 is 5.91 Å². The molecule has 1 amide bonds.